The highest BCUT2D eigenvalue weighted by Gasteiger charge is 2.59. The second-order valence-corrected chi connectivity index (χ2v) is 9.11. The van der Waals surface area contributed by atoms with Crippen LogP contribution in [0.25, 0.3) is 0 Å². The number of amides is 2. The molecule has 33 heavy (non-hydrogen) atoms. The van der Waals surface area contributed by atoms with Crippen LogP contribution < -0.4 is 4.90 Å². The van der Waals surface area contributed by atoms with Crippen molar-refractivity contribution in [2.75, 3.05) is 17.2 Å². The van der Waals surface area contributed by atoms with Gasteiger partial charge in [-0.15, -0.1) is 11.8 Å². The molecule has 2 heterocycles. The Balaban J connectivity index is 1.60. The summed E-state index contributed by atoms with van der Waals surface area (Å²) in [4.78, 5) is 28.8. The number of nitrogens with zero attached hydrogens (tertiary/aromatic N) is 3. The minimum Gasteiger partial charge on any atom is -0.311 e. The van der Waals surface area contributed by atoms with E-state index in [4.69, 9.17) is 0 Å². The molecule has 0 saturated carbocycles. The molecule has 1 atom stereocenters. The summed E-state index contributed by atoms with van der Waals surface area (Å²) in [7, 11) is 0. The molecule has 2 aliphatic heterocycles. The zero-order chi connectivity index (χ0) is 23.2. The number of carbonyl (C=O) groups excluding carboxylic acids is 2. The predicted octanol–water partition coefficient (Wildman–Crippen LogP) is 4.43. The highest BCUT2D eigenvalue weighted by molar-refractivity contribution is 8.01. The lowest BCUT2D eigenvalue weighted by Crippen LogP contribution is -2.50. The van der Waals surface area contributed by atoms with E-state index in [2.05, 4.69) is 6.07 Å². The Morgan fingerprint density at radius 2 is 1.85 bits per heavy atom. The fourth-order valence-corrected chi connectivity index (χ4v) is 5.90. The van der Waals surface area contributed by atoms with Gasteiger partial charge in [0.05, 0.1) is 23.9 Å². The van der Waals surface area contributed by atoms with E-state index in [-0.39, 0.29) is 24.6 Å². The lowest BCUT2D eigenvalue weighted by atomic mass is 10.0. The van der Waals surface area contributed by atoms with E-state index >= 15 is 0 Å². The normalized spacial score (nSPS) is 19.1. The number of hydrogen-bond donors (Lipinski definition) is 0. The van der Waals surface area contributed by atoms with Crippen molar-refractivity contribution >= 4 is 29.3 Å². The van der Waals surface area contributed by atoms with Crippen LogP contribution in [0.15, 0.2) is 66.7 Å². The summed E-state index contributed by atoms with van der Waals surface area (Å²) < 4.78 is 28.1. The van der Waals surface area contributed by atoms with Crippen LogP contribution in [0.3, 0.4) is 0 Å². The van der Waals surface area contributed by atoms with Crippen LogP contribution in [-0.4, -0.2) is 29.0 Å². The van der Waals surface area contributed by atoms with Crippen molar-refractivity contribution in [1.82, 2.24) is 4.90 Å². The monoisotopic (exact) mass is 461 g/mol. The van der Waals surface area contributed by atoms with Gasteiger partial charge in [0.15, 0.2) is 4.87 Å². The number of halogens is 2. The molecule has 1 fully saturated rings. The first kappa shape index (κ1) is 21.2. The first-order chi connectivity index (χ1) is 15.9. The van der Waals surface area contributed by atoms with Gasteiger partial charge >= 0.3 is 0 Å². The van der Waals surface area contributed by atoms with E-state index in [0.29, 0.717) is 22.6 Å². The number of fused-ring (bicyclic) bond motifs is 2. The molecule has 8 heteroatoms. The van der Waals surface area contributed by atoms with Gasteiger partial charge in [0, 0.05) is 23.4 Å². The SMILES string of the molecule is N#Cc1cccc(CN2C(=O)[C@@]3(SCCN3C(=O)c3cccc(F)c3)c3cc(F)ccc32)c1. The van der Waals surface area contributed by atoms with Crippen LogP contribution in [0, 0.1) is 23.0 Å². The summed E-state index contributed by atoms with van der Waals surface area (Å²) in [5, 5.41) is 9.21. The molecule has 0 bridgehead atoms. The lowest BCUT2D eigenvalue weighted by molar-refractivity contribution is -0.123. The summed E-state index contributed by atoms with van der Waals surface area (Å²) in [6.45, 7) is 0.427. The van der Waals surface area contributed by atoms with Gasteiger partial charge in [-0.25, -0.2) is 8.78 Å². The van der Waals surface area contributed by atoms with E-state index < -0.39 is 22.4 Å². The molecule has 0 radical (unpaired) electrons. The average Bonchev–Trinajstić information content (AvgIpc) is 3.36. The van der Waals surface area contributed by atoms with Crippen LogP contribution in [0.1, 0.15) is 27.0 Å². The summed E-state index contributed by atoms with van der Waals surface area (Å²) in [5.41, 5.74) is 2.24. The van der Waals surface area contributed by atoms with Gasteiger partial charge < -0.3 is 9.80 Å². The summed E-state index contributed by atoms with van der Waals surface area (Å²) in [5.74, 6) is -1.44. The second-order valence-electron chi connectivity index (χ2n) is 7.82. The van der Waals surface area contributed by atoms with Gasteiger partial charge in [0.1, 0.15) is 11.6 Å². The van der Waals surface area contributed by atoms with Gasteiger partial charge in [-0.05, 0) is 54.1 Å². The molecule has 0 aliphatic carbocycles. The zero-order valence-electron chi connectivity index (χ0n) is 17.3. The van der Waals surface area contributed by atoms with Gasteiger partial charge in [-0.1, -0.05) is 18.2 Å². The molecule has 3 aromatic rings. The molecule has 5 nitrogen and oxygen atoms in total. The molecule has 164 valence electrons. The Labute approximate surface area is 193 Å². The molecule has 2 amide bonds. The topological polar surface area (TPSA) is 64.4 Å². The van der Waals surface area contributed by atoms with E-state index in [1.807, 2.05) is 0 Å². The van der Waals surface area contributed by atoms with E-state index in [0.717, 1.165) is 11.6 Å². The van der Waals surface area contributed by atoms with E-state index in [1.54, 1.807) is 24.3 Å². The molecule has 2 aliphatic rings. The quantitative estimate of drug-likeness (QED) is 0.579. The minimum atomic E-state index is -1.44. The van der Waals surface area contributed by atoms with Crippen LogP contribution in [0.5, 0.6) is 0 Å². The smallest absolute Gasteiger partial charge is 0.268 e. The van der Waals surface area contributed by atoms with Crippen LogP contribution in [0.2, 0.25) is 0 Å². The van der Waals surface area contributed by atoms with Gasteiger partial charge in [0.2, 0.25) is 0 Å². The van der Waals surface area contributed by atoms with Gasteiger partial charge in [-0.2, -0.15) is 5.26 Å². The molecule has 3 aromatic carbocycles. The highest BCUT2D eigenvalue weighted by Crippen LogP contribution is 2.54. The third-order valence-electron chi connectivity index (χ3n) is 5.87. The fourth-order valence-electron chi connectivity index (χ4n) is 4.44. The third kappa shape index (κ3) is 3.36. The Kier molecular flexibility index (Phi) is 5.14. The number of benzene rings is 3. The molecular formula is C25H17F2N3O2S. The Hall–Kier alpha value is -3.70. The minimum absolute atomic E-state index is 0.128. The average molecular weight is 461 g/mol. The zero-order valence-corrected chi connectivity index (χ0v) is 18.1. The molecular weight excluding hydrogens is 444 g/mol. The third-order valence-corrected chi connectivity index (χ3v) is 7.29. The van der Waals surface area contributed by atoms with Gasteiger partial charge in [0.25, 0.3) is 11.8 Å². The summed E-state index contributed by atoms with van der Waals surface area (Å²) in [6, 6.07) is 18.4. The van der Waals surface area contributed by atoms with Crippen molar-refractivity contribution in [1.29, 1.82) is 5.26 Å². The maximum absolute atomic E-state index is 14.4. The number of thioether (sulfide) groups is 1. The first-order valence-electron chi connectivity index (χ1n) is 10.3. The predicted molar refractivity (Wildman–Crippen MR) is 120 cm³/mol. The number of hydrogen-bond acceptors (Lipinski definition) is 4. The van der Waals surface area contributed by atoms with Crippen LogP contribution in [-0.2, 0) is 16.2 Å². The van der Waals surface area contributed by atoms with Crippen molar-refractivity contribution in [2.24, 2.45) is 0 Å². The summed E-state index contributed by atoms with van der Waals surface area (Å²) in [6.07, 6.45) is 0. The van der Waals surface area contributed by atoms with Crippen molar-refractivity contribution in [3.05, 3.63) is 101 Å². The van der Waals surface area contributed by atoms with E-state index in [9.17, 15) is 23.6 Å². The molecule has 5 rings (SSSR count). The van der Waals surface area contributed by atoms with Crippen molar-refractivity contribution in [2.45, 2.75) is 11.4 Å². The largest absolute Gasteiger partial charge is 0.311 e. The standard InChI is InChI=1S/C25H17F2N3O2S/c26-19-6-2-5-18(12-19)23(31)30-9-10-33-25(30)21-13-20(27)7-8-22(21)29(24(25)32)15-17-4-1-3-16(11-17)14-28/h1-8,11-13H,9-10,15H2/t25-/m0/s1. The van der Waals surface area contributed by atoms with Crippen molar-refractivity contribution in [3.8, 4) is 6.07 Å². The second kappa shape index (κ2) is 8.01. The highest BCUT2D eigenvalue weighted by atomic mass is 32.2. The van der Waals surface area contributed by atoms with Crippen molar-refractivity contribution in [3.63, 3.8) is 0 Å². The number of rotatable bonds is 3. The van der Waals surface area contributed by atoms with Gasteiger partial charge in [-0.3, -0.25) is 9.59 Å². The van der Waals surface area contributed by atoms with E-state index in [1.165, 1.54) is 58.0 Å². The molecule has 1 saturated heterocycles. The summed E-state index contributed by atoms with van der Waals surface area (Å²) >= 11 is 1.27. The Morgan fingerprint density at radius 3 is 2.64 bits per heavy atom. The molecule has 0 N–H and O–H groups in total. The maximum atomic E-state index is 14.4. The molecule has 0 aromatic heterocycles. The Bertz CT molecular complexity index is 1340. The lowest BCUT2D eigenvalue weighted by Gasteiger charge is -2.33. The van der Waals surface area contributed by atoms with Crippen LogP contribution in [0.4, 0.5) is 14.5 Å². The van der Waals surface area contributed by atoms with Crippen molar-refractivity contribution < 1.29 is 18.4 Å². The number of nitriles is 1. The maximum Gasteiger partial charge on any atom is 0.268 e. The number of carbonyl (C=O) groups is 2. The molecule has 1 spiro atoms. The Morgan fingerprint density at radius 1 is 1.06 bits per heavy atom. The fraction of sp³-hybridized carbons (Fsp3) is 0.160. The molecule has 0 unspecified atom stereocenters. The first-order valence-corrected chi connectivity index (χ1v) is 11.2. The van der Waals surface area contributed by atoms with Crippen LogP contribution >= 0.6 is 11.8 Å². The number of anilines is 1.